The van der Waals surface area contributed by atoms with Gasteiger partial charge in [0.2, 0.25) is 0 Å². The zero-order valence-corrected chi connectivity index (χ0v) is 22.9. The lowest BCUT2D eigenvalue weighted by molar-refractivity contribution is 0.669. The van der Waals surface area contributed by atoms with E-state index in [1.807, 2.05) is 66.7 Å². The van der Waals surface area contributed by atoms with E-state index < -0.39 is 0 Å². The molecule has 2 aromatic heterocycles. The van der Waals surface area contributed by atoms with Gasteiger partial charge in [-0.25, -0.2) is 15.0 Å². The topological polar surface area (TPSA) is 51.8 Å². The highest BCUT2D eigenvalue weighted by Crippen LogP contribution is 2.48. The Morgan fingerprint density at radius 2 is 1.17 bits per heavy atom. The molecule has 0 saturated carbocycles. The fraction of sp³-hybridized carbons (Fsp3) is 0. The SMILES string of the molecule is Clc1cccc2c1oc1cccc(-c3nc(-c4ccccc4)nc(-c4ccc5c(c4)-c4cccc6cccc-5c46)n3)c12. The maximum absolute atomic E-state index is 6.51. The highest BCUT2D eigenvalue weighted by molar-refractivity contribution is 6.36. The normalized spacial score (nSPS) is 11.9. The van der Waals surface area contributed by atoms with Crippen LogP contribution in [0.4, 0.5) is 0 Å². The summed E-state index contributed by atoms with van der Waals surface area (Å²) in [4.78, 5) is 15.1. The van der Waals surface area contributed by atoms with E-state index in [2.05, 4.69) is 54.6 Å². The summed E-state index contributed by atoms with van der Waals surface area (Å²) in [7, 11) is 0. The first kappa shape index (κ1) is 23.4. The second-order valence-electron chi connectivity index (χ2n) is 10.5. The number of para-hydroxylation sites is 1. The maximum Gasteiger partial charge on any atom is 0.164 e. The van der Waals surface area contributed by atoms with E-state index in [0.717, 1.165) is 33.0 Å². The molecule has 0 fully saturated rings. The van der Waals surface area contributed by atoms with E-state index in [0.29, 0.717) is 28.1 Å². The zero-order valence-electron chi connectivity index (χ0n) is 22.2. The minimum absolute atomic E-state index is 0.574. The lowest BCUT2D eigenvalue weighted by Crippen LogP contribution is -2.00. The van der Waals surface area contributed by atoms with Crippen LogP contribution in [-0.4, -0.2) is 15.0 Å². The summed E-state index contributed by atoms with van der Waals surface area (Å²) in [5.74, 6) is 1.81. The van der Waals surface area contributed by atoms with Crippen LogP contribution in [0.2, 0.25) is 5.02 Å². The van der Waals surface area contributed by atoms with E-state index in [9.17, 15) is 0 Å². The molecule has 0 bridgehead atoms. The van der Waals surface area contributed by atoms with E-state index in [1.165, 1.54) is 33.0 Å². The lowest BCUT2D eigenvalue weighted by Gasteiger charge is -2.10. The van der Waals surface area contributed by atoms with Gasteiger partial charge in [-0.3, -0.25) is 0 Å². The number of benzene rings is 6. The molecule has 42 heavy (non-hydrogen) atoms. The fourth-order valence-corrected chi connectivity index (χ4v) is 6.49. The molecule has 6 aromatic carbocycles. The molecule has 5 heteroatoms. The molecule has 8 aromatic rings. The summed E-state index contributed by atoms with van der Waals surface area (Å²) in [6.07, 6.45) is 0. The number of rotatable bonds is 3. The number of hydrogen-bond donors (Lipinski definition) is 0. The number of furan rings is 1. The predicted molar refractivity (Wildman–Crippen MR) is 170 cm³/mol. The smallest absolute Gasteiger partial charge is 0.164 e. The molecule has 0 N–H and O–H groups in total. The molecule has 1 aliphatic carbocycles. The second-order valence-corrected chi connectivity index (χ2v) is 10.9. The Hall–Kier alpha value is -5.32. The average Bonchev–Trinajstić information content (AvgIpc) is 3.59. The summed E-state index contributed by atoms with van der Waals surface area (Å²) >= 11 is 6.51. The van der Waals surface area contributed by atoms with Gasteiger partial charge in [0, 0.05) is 27.5 Å². The van der Waals surface area contributed by atoms with Gasteiger partial charge in [-0.15, -0.1) is 0 Å². The van der Waals surface area contributed by atoms with Crippen molar-refractivity contribution in [2.24, 2.45) is 0 Å². The Kier molecular flexibility index (Phi) is 4.92. The van der Waals surface area contributed by atoms with Gasteiger partial charge in [0.25, 0.3) is 0 Å². The second kappa shape index (κ2) is 8.84. The van der Waals surface area contributed by atoms with Crippen LogP contribution in [0, 0.1) is 0 Å². The molecule has 0 aliphatic heterocycles. The molecule has 0 unspecified atom stereocenters. The third-order valence-electron chi connectivity index (χ3n) is 8.15. The van der Waals surface area contributed by atoms with Crippen molar-refractivity contribution < 1.29 is 4.42 Å². The Morgan fingerprint density at radius 3 is 2.00 bits per heavy atom. The van der Waals surface area contributed by atoms with Gasteiger partial charge < -0.3 is 4.42 Å². The minimum Gasteiger partial charge on any atom is -0.454 e. The van der Waals surface area contributed by atoms with E-state index in [4.69, 9.17) is 31.0 Å². The molecular formula is C37H20ClN3O. The van der Waals surface area contributed by atoms with Crippen LogP contribution in [0.5, 0.6) is 0 Å². The highest BCUT2D eigenvalue weighted by atomic mass is 35.5. The van der Waals surface area contributed by atoms with E-state index in [-0.39, 0.29) is 0 Å². The molecule has 0 radical (unpaired) electrons. The average molecular weight is 558 g/mol. The number of fused-ring (bicyclic) bond motifs is 6. The third-order valence-corrected chi connectivity index (χ3v) is 8.44. The molecular weight excluding hydrogens is 538 g/mol. The van der Waals surface area contributed by atoms with Crippen LogP contribution in [0.15, 0.2) is 126 Å². The Morgan fingerprint density at radius 1 is 0.476 bits per heavy atom. The van der Waals surface area contributed by atoms with Gasteiger partial charge in [0.15, 0.2) is 23.1 Å². The molecule has 2 heterocycles. The van der Waals surface area contributed by atoms with Crippen molar-refractivity contribution in [2.45, 2.75) is 0 Å². The molecule has 0 spiro atoms. The first-order valence-corrected chi connectivity index (χ1v) is 14.2. The van der Waals surface area contributed by atoms with Crippen molar-refractivity contribution in [1.29, 1.82) is 0 Å². The number of hydrogen-bond acceptors (Lipinski definition) is 4. The van der Waals surface area contributed by atoms with Crippen molar-refractivity contribution in [1.82, 2.24) is 15.0 Å². The Labute approximate surface area is 245 Å². The van der Waals surface area contributed by atoms with Crippen molar-refractivity contribution in [3.63, 3.8) is 0 Å². The third kappa shape index (κ3) is 3.39. The van der Waals surface area contributed by atoms with Crippen LogP contribution >= 0.6 is 11.6 Å². The van der Waals surface area contributed by atoms with Crippen LogP contribution < -0.4 is 0 Å². The minimum atomic E-state index is 0.574. The summed E-state index contributed by atoms with van der Waals surface area (Å²) in [5.41, 5.74) is 9.06. The van der Waals surface area contributed by atoms with E-state index in [1.54, 1.807) is 0 Å². The molecule has 0 amide bonds. The van der Waals surface area contributed by atoms with Crippen LogP contribution in [-0.2, 0) is 0 Å². The largest absolute Gasteiger partial charge is 0.454 e. The number of nitrogens with zero attached hydrogens (tertiary/aromatic N) is 3. The Balaban J connectivity index is 1.29. The number of halogens is 1. The first-order valence-electron chi connectivity index (χ1n) is 13.8. The van der Waals surface area contributed by atoms with Gasteiger partial charge in [-0.2, -0.15) is 0 Å². The zero-order chi connectivity index (χ0) is 27.8. The Bertz CT molecular complexity index is 2370. The fourth-order valence-electron chi connectivity index (χ4n) is 6.27. The summed E-state index contributed by atoms with van der Waals surface area (Å²) in [6, 6.07) is 41.3. The lowest BCUT2D eigenvalue weighted by atomic mass is 10.0. The van der Waals surface area contributed by atoms with Crippen molar-refractivity contribution in [3.05, 3.63) is 126 Å². The summed E-state index contributed by atoms with van der Waals surface area (Å²) in [6.45, 7) is 0. The van der Waals surface area contributed by atoms with E-state index >= 15 is 0 Å². The molecule has 196 valence electrons. The quantitative estimate of drug-likeness (QED) is 0.217. The van der Waals surface area contributed by atoms with Crippen LogP contribution in [0.3, 0.4) is 0 Å². The van der Waals surface area contributed by atoms with Gasteiger partial charge in [-0.05, 0) is 51.2 Å². The molecule has 9 rings (SSSR count). The predicted octanol–water partition coefficient (Wildman–Crippen LogP) is 10.2. The van der Waals surface area contributed by atoms with Crippen molar-refractivity contribution in [2.75, 3.05) is 0 Å². The molecule has 0 atom stereocenters. The summed E-state index contributed by atoms with van der Waals surface area (Å²) < 4.78 is 6.18. The van der Waals surface area contributed by atoms with Crippen molar-refractivity contribution >= 4 is 44.3 Å². The van der Waals surface area contributed by atoms with Crippen LogP contribution in [0.1, 0.15) is 0 Å². The number of aromatic nitrogens is 3. The monoisotopic (exact) mass is 557 g/mol. The maximum atomic E-state index is 6.51. The van der Waals surface area contributed by atoms with Gasteiger partial charge >= 0.3 is 0 Å². The molecule has 0 saturated heterocycles. The van der Waals surface area contributed by atoms with Crippen LogP contribution in [0.25, 0.3) is 89.1 Å². The highest BCUT2D eigenvalue weighted by Gasteiger charge is 2.23. The standard InChI is InChI=1S/C37H20ClN3O/c38-30-16-6-14-27-33-28(15-7-17-31(33)42-34(27)30)37-40-35(22-8-2-1-3-9-22)39-36(41-37)23-18-19-24-25-12-4-10-21-11-5-13-26(32(21)25)29(24)20-23/h1-20H. The van der Waals surface area contributed by atoms with Gasteiger partial charge in [0.1, 0.15) is 5.58 Å². The summed E-state index contributed by atoms with van der Waals surface area (Å²) in [5, 5.41) is 4.98. The van der Waals surface area contributed by atoms with Gasteiger partial charge in [-0.1, -0.05) is 115 Å². The van der Waals surface area contributed by atoms with Crippen molar-refractivity contribution in [3.8, 4) is 56.4 Å². The molecule has 1 aliphatic rings. The van der Waals surface area contributed by atoms with Gasteiger partial charge in [0.05, 0.1) is 5.02 Å². The first-order chi connectivity index (χ1) is 20.7. The molecule has 4 nitrogen and oxygen atoms in total.